The lowest BCUT2D eigenvalue weighted by Crippen LogP contribution is -2.29. The van der Waals surface area contributed by atoms with Crippen molar-refractivity contribution in [3.05, 3.63) is 35.1 Å². The molecule has 1 rings (SSSR count). The summed E-state index contributed by atoms with van der Waals surface area (Å²) in [6.45, 7) is 12.5. The summed E-state index contributed by atoms with van der Waals surface area (Å²) < 4.78 is 24.0. The highest BCUT2D eigenvalue weighted by Crippen LogP contribution is 2.26. The third kappa shape index (κ3) is 6.85. The number of hydrogen-bond acceptors (Lipinski definition) is 4. The van der Waals surface area contributed by atoms with Gasteiger partial charge < -0.3 is 9.47 Å². The number of carbonyl (C=O) groups excluding carboxylic acids is 2. The molecule has 1 aromatic carbocycles. The second-order valence-electron chi connectivity index (χ2n) is 7.62. The molecule has 3 atom stereocenters. The fourth-order valence-corrected chi connectivity index (χ4v) is 2.52. The molecule has 5 heteroatoms. The summed E-state index contributed by atoms with van der Waals surface area (Å²) >= 11 is 0. The van der Waals surface area contributed by atoms with Crippen molar-refractivity contribution in [3.8, 4) is 0 Å². The van der Waals surface area contributed by atoms with E-state index in [2.05, 4.69) is 0 Å². The van der Waals surface area contributed by atoms with E-state index in [1.807, 2.05) is 13.8 Å². The van der Waals surface area contributed by atoms with E-state index in [4.69, 9.17) is 9.47 Å². The predicted octanol–water partition coefficient (Wildman–Crippen LogP) is 4.54. The van der Waals surface area contributed by atoms with E-state index < -0.39 is 29.6 Å². The van der Waals surface area contributed by atoms with E-state index in [9.17, 15) is 14.0 Å². The lowest BCUT2D eigenvalue weighted by atomic mass is 9.92. The highest BCUT2D eigenvalue weighted by atomic mass is 19.1. The number of carbonyl (C=O) groups is 2. The number of ether oxygens (including phenoxy) is 2. The van der Waals surface area contributed by atoms with Crippen molar-refractivity contribution in [2.24, 2.45) is 5.92 Å². The second-order valence-corrected chi connectivity index (χ2v) is 7.62. The van der Waals surface area contributed by atoms with Gasteiger partial charge in [-0.2, -0.15) is 0 Å². The molecular weight excluding hydrogens is 323 g/mol. The Morgan fingerprint density at radius 3 is 2.28 bits per heavy atom. The van der Waals surface area contributed by atoms with Gasteiger partial charge in [0.15, 0.2) is 0 Å². The van der Waals surface area contributed by atoms with Crippen LogP contribution in [-0.2, 0) is 19.1 Å². The summed E-state index contributed by atoms with van der Waals surface area (Å²) in [7, 11) is 0. The van der Waals surface area contributed by atoms with Crippen molar-refractivity contribution in [2.75, 3.05) is 0 Å². The largest absolute Gasteiger partial charge is 0.462 e. The molecule has 0 heterocycles. The van der Waals surface area contributed by atoms with Gasteiger partial charge >= 0.3 is 11.9 Å². The lowest BCUT2D eigenvalue weighted by Gasteiger charge is -2.24. The minimum atomic E-state index is -0.584. The molecule has 0 fully saturated rings. The van der Waals surface area contributed by atoms with Crippen molar-refractivity contribution in [1.82, 2.24) is 0 Å². The molecule has 0 aliphatic rings. The molecular formula is C20H29FO4. The summed E-state index contributed by atoms with van der Waals surface area (Å²) in [4.78, 5) is 24.1. The SMILES string of the molecule is Cc1cc(F)ccc1[C@H](C)[C@H](C)OC(=O)[C@@H](C)CC(=O)OC(C)(C)C. The Hall–Kier alpha value is -1.91. The molecule has 1 aromatic rings. The van der Waals surface area contributed by atoms with Crippen LogP contribution in [0.25, 0.3) is 0 Å². The quantitative estimate of drug-likeness (QED) is 0.706. The van der Waals surface area contributed by atoms with Gasteiger partial charge in [-0.25, -0.2) is 4.39 Å². The van der Waals surface area contributed by atoms with E-state index in [1.54, 1.807) is 40.7 Å². The van der Waals surface area contributed by atoms with E-state index in [-0.39, 0.29) is 18.2 Å². The number of hydrogen-bond donors (Lipinski definition) is 0. The zero-order chi connectivity index (χ0) is 19.4. The Balaban J connectivity index is 2.64. The molecule has 0 bridgehead atoms. The first-order valence-electron chi connectivity index (χ1n) is 8.59. The maximum Gasteiger partial charge on any atom is 0.309 e. The van der Waals surface area contributed by atoms with E-state index in [0.29, 0.717) is 0 Å². The van der Waals surface area contributed by atoms with Crippen LogP contribution in [0.3, 0.4) is 0 Å². The molecule has 4 nitrogen and oxygen atoms in total. The summed E-state index contributed by atoms with van der Waals surface area (Å²) in [5.74, 6) is -1.82. The maximum atomic E-state index is 13.2. The van der Waals surface area contributed by atoms with Crippen LogP contribution in [-0.4, -0.2) is 23.6 Å². The van der Waals surface area contributed by atoms with Crippen LogP contribution in [0.15, 0.2) is 18.2 Å². The molecule has 25 heavy (non-hydrogen) atoms. The number of benzene rings is 1. The molecule has 0 aliphatic heterocycles. The normalized spacial score (nSPS) is 15.2. The Morgan fingerprint density at radius 1 is 1.16 bits per heavy atom. The molecule has 0 aromatic heterocycles. The first kappa shape index (κ1) is 21.1. The van der Waals surface area contributed by atoms with Crippen molar-refractivity contribution in [3.63, 3.8) is 0 Å². The van der Waals surface area contributed by atoms with Gasteiger partial charge in [-0.05, 0) is 57.9 Å². The third-order valence-corrected chi connectivity index (χ3v) is 4.02. The van der Waals surface area contributed by atoms with Gasteiger partial charge in [0.2, 0.25) is 0 Å². The number of esters is 2. The summed E-state index contributed by atoms with van der Waals surface area (Å²) in [5.41, 5.74) is 1.17. The van der Waals surface area contributed by atoms with Gasteiger partial charge in [-0.1, -0.05) is 19.9 Å². The molecule has 0 saturated heterocycles. The molecule has 0 N–H and O–H groups in total. The van der Waals surface area contributed by atoms with Gasteiger partial charge in [-0.3, -0.25) is 9.59 Å². The van der Waals surface area contributed by atoms with Gasteiger partial charge in [-0.15, -0.1) is 0 Å². The van der Waals surface area contributed by atoms with Crippen LogP contribution in [0.4, 0.5) is 4.39 Å². The predicted molar refractivity (Wildman–Crippen MR) is 94.7 cm³/mol. The standard InChI is InChI=1S/C20H29FO4/c1-12-10-16(21)8-9-17(12)14(3)15(4)24-19(23)13(2)11-18(22)25-20(5,6)7/h8-10,13-15H,11H2,1-7H3/t13-,14+,15-/m0/s1. The number of aryl methyl sites for hydroxylation is 1. The van der Waals surface area contributed by atoms with E-state index >= 15 is 0 Å². The zero-order valence-corrected chi connectivity index (χ0v) is 16.2. The first-order chi connectivity index (χ1) is 11.4. The summed E-state index contributed by atoms with van der Waals surface area (Å²) in [5, 5.41) is 0. The zero-order valence-electron chi connectivity index (χ0n) is 16.2. The minimum Gasteiger partial charge on any atom is -0.462 e. The smallest absolute Gasteiger partial charge is 0.309 e. The van der Waals surface area contributed by atoms with Crippen LogP contribution in [0.1, 0.15) is 65.0 Å². The second kappa shape index (κ2) is 8.45. The van der Waals surface area contributed by atoms with E-state index in [1.165, 1.54) is 12.1 Å². The van der Waals surface area contributed by atoms with Crippen LogP contribution in [0.5, 0.6) is 0 Å². The van der Waals surface area contributed by atoms with Crippen molar-refractivity contribution < 1.29 is 23.5 Å². The first-order valence-corrected chi connectivity index (χ1v) is 8.59. The van der Waals surface area contributed by atoms with Crippen molar-refractivity contribution >= 4 is 11.9 Å². The molecule has 140 valence electrons. The summed E-state index contributed by atoms with van der Waals surface area (Å²) in [6.07, 6.45) is -0.412. The van der Waals surface area contributed by atoms with Gasteiger partial charge in [0, 0.05) is 5.92 Å². The summed E-state index contributed by atoms with van der Waals surface area (Å²) in [6, 6.07) is 4.58. The lowest BCUT2D eigenvalue weighted by molar-refractivity contribution is -0.163. The number of halogens is 1. The highest BCUT2D eigenvalue weighted by Gasteiger charge is 2.26. The molecule has 0 radical (unpaired) electrons. The Kier molecular flexibility index (Phi) is 7.15. The monoisotopic (exact) mass is 352 g/mol. The number of rotatable bonds is 6. The molecule has 0 spiro atoms. The average Bonchev–Trinajstić information content (AvgIpc) is 2.44. The van der Waals surface area contributed by atoms with E-state index in [0.717, 1.165) is 11.1 Å². The van der Waals surface area contributed by atoms with Crippen molar-refractivity contribution in [2.45, 2.75) is 72.5 Å². The fraction of sp³-hybridized carbons (Fsp3) is 0.600. The van der Waals surface area contributed by atoms with Crippen LogP contribution < -0.4 is 0 Å². The van der Waals surface area contributed by atoms with Crippen molar-refractivity contribution in [1.29, 1.82) is 0 Å². The third-order valence-electron chi connectivity index (χ3n) is 4.02. The van der Waals surface area contributed by atoms with Crippen LogP contribution in [0, 0.1) is 18.7 Å². The van der Waals surface area contributed by atoms with Crippen LogP contribution in [0.2, 0.25) is 0 Å². The molecule has 0 amide bonds. The molecule has 0 aliphatic carbocycles. The molecule has 0 unspecified atom stereocenters. The Bertz CT molecular complexity index is 619. The van der Waals surface area contributed by atoms with Gasteiger partial charge in [0.25, 0.3) is 0 Å². The maximum absolute atomic E-state index is 13.2. The van der Waals surface area contributed by atoms with Gasteiger partial charge in [0.05, 0.1) is 12.3 Å². The minimum absolute atomic E-state index is 0.0211. The van der Waals surface area contributed by atoms with Gasteiger partial charge in [0.1, 0.15) is 17.5 Å². The van der Waals surface area contributed by atoms with Crippen LogP contribution >= 0.6 is 0 Å². The highest BCUT2D eigenvalue weighted by molar-refractivity contribution is 5.79. The average molecular weight is 352 g/mol. The topological polar surface area (TPSA) is 52.6 Å². The Labute approximate surface area is 149 Å². The fourth-order valence-electron chi connectivity index (χ4n) is 2.52. The molecule has 0 saturated carbocycles. The Morgan fingerprint density at radius 2 is 1.76 bits per heavy atom.